The molecule has 1 saturated heterocycles. The minimum atomic E-state index is -1.04. The molecule has 1 fully saturated rings. The van der Waals surface area contributed by atoms with Gasteiger partial charge in [0.2, 0.25) is 0 Å². The van der Waals surface area contributed by atoms with Crippen LogP contribution in [0.1, 0.15) is 21.5 Å². The number of aromatic carboxylic acids is 1. The van der Waals surface area contributed by atoms with E-state index in [-0.39, 0.29) is 11.5 Å². The number of anilines is 1. The summed E-state index contributed by atoms with van der Waals surface area (Å²) >= 11 is 6.56. The van der Waals surface area contributed by atoms with Gasteiger partial charge in [-0.2, -0.15) is 0 Å². The van der Waals surface area contributed by atoms with Crippen LogP contribution in [0.25, 0.3) is 6.08 Å². The Kier molecular flexibility index (Phi) is 4.51. The molecule has 1 aliphatic heterocycles. The third-order valence-electron chi connectivity index (χ3n) is 3.59. The molecule has 1 aliphatic rings. The van der Waals surface area contributed by atoms with Gasteiger partial charge in [0.05, 0.1) is 16.2 Å². The molecule has 3 rings (SSSR count). The Bertz CT molecular complexity index is 875. The van der Waals surface area contributed by atoms with E-state index in [4.69, 9.17) is 17.3 Å². The van der Waals surface area contributed by atoms with E-state index in [1.807, 2.05) is 37.3 Å². The van der Waals surface area contributed by atoms with Crippen LogP contribution < -0.4 is 4.90 Å². The maximum absolute atomic E-state index is 12.8. The van der Waals surface area contributed by atoms with Gasteiger partial charge in [0.1, 0.15) is 0 Å². The third kappa shape index (κ3) is 3.11. The van der Waals surface area contributed by atoms with Crippen LogP contribution in [0.2, 0.25) is 0 Å². The maximum Gasteiger partial charge on any atom is 0.335 e. The van der Waals surface area contributed by atoms with Crippen LogP contribution in [-0.4, -0.2) is 21.3 Å². The number of hydrogen-bond acceptors (Lipinski definition) is 4. The Morgan fingerprint density at radius 3 is 2.58 bits per heavy atom. The van der Waals surface area contributed by atoms with Crippen LogP contribution in [0.15, 0.2) is 53.4 Å². The summed E-state index contributed by atoms with van der Waals surface area (Å²) < 4.78 is 0.396. The van der Waals surface area contributed by atoms with E-state index in [0.29, 0.717) is 14.9 Å². The second kappa shape index (κ2) is 6.59. The first-order valence-corrected chi connectivity index (χ1v) is 8.37. The minimum absolute atomic E-state index is 0.122. The Morgan fingerprint density at radius 1 is 1.21 bits per heavy atom. The molecule has 0 atom stereocenters. The summed E-state index contributed by atoms with van der Waals surface area (Å²) in [6.45, 7) is 1.82. The highest BCUT2D eigenvalue weighted by atomic mass is 32.2. The van der Waals surface area contributed by atoms with Gasteiger partial charge in [-0.1, -0.05) is 60.4 Å². The number of carbonyl (C=O) groups is 2. The SMILES string of the molecule is Cc1ccc(C(=O)O)cc1N1C(=O)/C(=C/c2ccccc2)SC1=S. The molecule has 0 unspecified atom stereocenters. The predicted molar refractivity (Wildman–Crippen MR) is 100 cm³/mol. The van der Waals surface area contributed by atoms with Crippen LogP contribution in [0, 0.1) is 6.92 Å². The number of amides is 1. The fourth-order valence-electron chi connectivity index (χ4n) is 2.36. The van der Waals surface area contributed by atoms with Crippen molar-refractivity contribution in [3.8, 4) is 0 Å². The molecular formula is C18H13NO3S2. The van der Waals surface area contributed by atoms with Gasteiger partial charge >= 0.3 is 5.97 Å². The number of rotatable bonds is 3. The monoisotopic (exact) mass is 355 g/mol. The molecule has 0 aromatic heterocycles. The van der Waals surface area contributed by atoms with Crippen molar-refractivity contribution in [3.05, 3.63) is 70.1 Å². The van der Waals surface area contributed by atoms with Crippen molar-refractivity contribution in [2.24, 2.45) is 0 Å². The fourth-order valence-corrected chi connectivity index (χ4v) is 3.64. The van der Waals surface area contributed by atoms with Gasteiger partial charge < -0.3 is 5.11 Å². The largest absolute Gasteiger partial charge is 0.478 e. The molecule has 6 heteroatoms. The van der Waals surface area contributed by atoms with Crippen LogP contribution in [0.4, 0.5) is 5.69 Å². The molecular weight excluding hydrogens is 342 g/mol. The Balaban J connectivity index is 2.00. The number of thiocarbonyl (C=S) groups is 1. The van der Waals surface area contributed by atoms with E-state index in [2.05, 4.69) is 0 Å². The zero-order chi connectivity index (χ0) is 17.3. The number of carboxylic acid groups (broad SMARTS) is 1. The normalized spacial score (nSPS) is 16.0. The quantitative estimate of drug-likeness (QED) is 0.663. The molecule has 0 radical (unpaired) electrons. The zero-order valence-electron chi connectivity index (χ0n) is 12.7. The van der Waals surface area contributed by atoms with E-state index in [9.17, 15) is 9.59 Å². The minimum Gasteiger partial charge on any atom is -0.478 e. The highest BCUT2D eigenvalue weighted by Gasteiger charge is 2.34. The standard InChI is InChI=1S/C18H13NO3S2/c1-11-7-8-13(17(21)22)10-14(11)19-16(20)15(24-18(19)23)9-12-5-3-2-4-6-12/h2-10H,1H3,(H,21,22)/b15-9-. The Labute approximate surface area is 148 Å². The smallest absolute Gasteiger partial charge is 0.335 e. The molecule has 4 nitrogen and oxygen atoms in total. The molecule has 1 N–H and O–H groups in total. The molecule has 2 aromatic rings. The van der Waals surface area contributed by atoms with Gasteiger partial charge in [-0.3, -0.25) is 9.69 Å². The van der Waals surface area contributed by atoms with Crippen LogP contribution in [0.3, 0.4) is 0 Å². The van der Waals surface area contributed by atoms with E-state index in [0.717, 1.165) is 11.1 Å². The molecule has 0 spiro atoms. The number of carboxylic acids is 1. The molecule has 1 amide bonds. The van der Waals surface area contributed by atoms with Crippen molar-refractivity contribution in [1.82, 2.24) is 0 Å². The topological polar surface area (TPSA) is 57.6 Å². The summed E-state index contributed by atoms with van der Waals surface area (Å²) in [4.78, 5) is 25.9. The summed E-state index contributed by atoms with van der Waals surface area (Å²) in [5.41, 5.74) is 2.33. The number of hydrogen-bond donors (Lipinski definition) is 1. The van der Waals surface area contributed by atoms with Gasteiger partial charge in [0.15, 0.2) is 4.32 Å². The summed E-state index contributed by atoms with van der Waals surface area (Å²) in [6.07, 6.45) is 1.79. The molecule has 0 aliphatic carbocycles. The second-order valence-corrected chi connectivity index (χ2v) is 6.91. The molecule has 1 heterocycles. The fraction of sp³-hybridized carbons (Fsp3) is 0.0556. The van der Waals surface area contributed by atoms with E-state index < -0.39 is 5.97 Å². The van der Waals surface area contributed by atoms with Crippen molar-refractivity contribution in [1.29, 1.82) is 0 Å². The van der Waals surface area contributed by atoms with Gasteiger partial charge in [-0.25, -0.2) is 4.79 Å². The van der Waals surface area contributed by atoms with Crippen molar-refractivity contribution >= 4 is 51.9 Å². The molecule has 2 aromatic carbocycles. The average molecular weight is 355 g/mol. The van der Waals surface area contributed by atoms with Crippen molar-refractivity contribution in [2.45, 2.75) is 6.92 Å². The summed E-state index contributed by atoms with van der Waals surface area (Å²) in [7, 11) is 0. The van der Waals surface area contributed by atoms with Crippen LogP contribution in [0.5, 0.6) is 0 Å². The van der Waals surface area contributed by atoms with E-state index in [1.165, 1.54) is 28.8 Å². The number of nitrogens with zero attached hydrogens (tertiary/aromatic N) is 1. The number of benzene rings is 2. The van der Waals surface area contributed by atoms with Gasteiger partial charge in [-0.05, 0) is 36.3 Å². The Hall–Kier alpha value is -2.44. The zero-order valence-corrected chi connectivity index (χ0v) is 14.4. The van der Waals surface area contributed by atoms with Crippen molar-refractivity contribution < 1.29 is 14.7 Å². The lowest BCUT2D eigenvalue weighted by Gasteiger charge is -2.17. The van der Waals surface area contributed by atoms with E-state index in [1.54, 1.807) is 12.1 Å². The average Bonchev–Trinajstić information content (AvgIpc) is 2.83. The summed E-state index contributed by atoms with van der Waals surface area (Å²) in [5.74, 6) is -1.28. The van der Waals surface area contributed by atoms with Crippen LogP contribution in [-0.2, 0) is 4.79 Å². The predicted octanol–water partition coefficient (Wildman–Crippen LogP) is 4.10. The van der Waals surface area contributed by atoms with Crippen LogP contribution >= 0.6 is 24.0 Å². The second-order valence-electron chi connectivity index (χ2n) is 5.23. The van der Waals surface area contributed by atoms with Gasteiger partial charge in [0, 0.05) is 0 Å². The molecule has 120 valence electrons. The number of carbonyl (C=O) groups excluding carboxylic acids is 1. The lowest BCUT2D eigenvalue weighted by molar-refractivity contribution is -0.113. The lowest BCUT2D eigenvalue weighted by atomic mass is 10.1. The molecule has 24 heavy (non-hydrogen) atoms. The summed E-state index contributed by atoms with van der Waals surface area (Å²) in [6, 6.07) is 14.2. The Morgan fingerprint density at radius 2 is 1.92 bits per heavy atom. The van der Waals surface area contributed by atoms with Crippen molar-refractivity contribution in [3.63, 3.8) is 0 Å². The molecule has 0 bridgehead atoms. The lowest BCUT2D eigenvalue weighted by Crippen LogP contribution is -2.28. The van der Waals surface area contributed by atoms with E-state index >= 15 is 0 Å². The first-order chi connectivity index (χ1) is 11.5. The number of thioether (sulfide) groups is 1. The highest BCUT2D eigenvalue weighted by molar-refractivity contribution is 8.27. The van der Waals surface area contributed by atoms with Gasteiger partial charge in [-0.15, -0.1) is 0 Å². The van der Waals surface area contributed by atoms with Crippen molar-refractivity contribution in [2.75, 3.05) is 4.90 Å². The number of aryl methyl sites for hydroxylation is 1. The third-order valence-corrected chi connectivity index (χ3v) is 4.89. The maximum atomic E-state index is 12.8. The highest BCUT2D eigenvalue weighted by Crippen LogP contribution is 2.37. The van der Waals surface area contributed by atoms with Gasteiger partial charge in [0.25, 0.3) is 5.91 Å². The first-order valence-electron chi connectivity index (χ1n) is 7.14. The first kappa shape index (κ1) is 16.4. The summed E-state index contributed by atoms with van der Waals surface area (Å²) in [5, 5.41) is 9.17. The molecule has 0 saturated carbocycles.